The highest BCUT2D eigenvalue weighted by Crippen LogP contribution is 2.30. The van der Waals surface area contributed by atoms with Gasteiger partial charge >= 0.3 is 0 Å². The smallest absolute Gasteiger partial charge is 0.227 e. The highest BCUT2D eigenvalue weighted by Gasteiger charge is 2.37. The number of nitrogens with one attached hydrogen (secondary N) is 1. The number of rotatable bonds is 6. The number of para-hydroxylation sites is 1. The molecule has 5 nitrogen and oxygen atoms in total. The van der Waals surface area contributed by atoms with Crippen LogP contribution in [0, 0.1) is 17.6 Å². The number of halogens is 2. The van der Waals surface area contributed by atoms with Crippen LogP contribution in [-0.4, -0.2) is 25.5 Å². The molecule has 2 unspecified atom stereocenters. The largest absolute Gasteiger partial charge is 0.496 e. The van der Waals surface area contributed by atoms with Crippen molar-refractivity contribution in [1.82, 2.24) is 5.32 Å². The van der Waals surface area contributed by atoms with Gasteiger partial charge in [0, 0.05) is 24.6 Å². The zero-order valence-corrected chi connectivity index (χ0v) is 15.7. The molecule has 0 radical (unpaired) electrons. The third-order valence-corrected chi connectivity index (χ3v) is 4.94. The highest BCUT2D eigenvalue weighted by atomic mass is 19.1. The van der Waals surface area contributed by atoms with Gasteiger partial charge in [-0.3, -0.25) is 9.59 Å². The van der Waals surface area contributed by atoms with Gasteiger partial charge in [-0.1, -0.05) is 25.1 Å². The minimum Gasteiger partial charge on any atom is -0.496 e. The molecule has 1 N–H and O–H groups in total. The Hall–Kier alpha value is -2.96. The zero-order chi connectivity index (χ0) is 20.3. The molecule has 3 rings (SSSR count). The second-order valence-corrected chi connectivity index (χ2v) is 6.71. The van der Waals surface area contributed by atoms with Crippen LogP contribution in [0.25, 0.3) is 0 Å². The van der Waals surface area contributed by atoms with Crippen LogP contribution in [0.5, 0.6) is 5.75 Å². The van der Waals surface area contributed by atoms with Crippen molar-refractivity contribution in [2.45, 2.75) is 25.8 Å². The Morgan fingerprint density at radius 3 is 2.71 bits per heavy atom. The van der Waals surface area contributed by atoms with Crippen molar-refractivity contribution in [3.8, 4) is 5.75 Å². The van der Waals surface area contributed by atoms with Crippen molar-refractivity contribution in [2.75, 3.05) is 18.6 Å². The Balaban J connectivity index is 1.73. The lowest BCUT2D eigenvalue weighted by atomic mass is 10.0. The number of nitrogens with zero attached hydrogens (tertiary/aromatic N) is 1. The SMILES string of the molecule is CCC(NC(=O)C1CC(=O)N(c2ccc(F)cc2F)C1)c1ccccc1OC. The number of ether oxygens (including phenoxy) is 1. The minimum atomic E-state index is -0.824. The Kier molecular flexibility index (Phi) is 5.92. The predicted molar refractivity (Wildman–Crippen MR) is 101 cm³/mol. The van der Waals surface area contributed by atoms with Crippen LogP contribution >= 0.6 is 0 Å². The molecule has 28 heavy (non-hydrogen) atoms. The summed E-state index contributed by atoms with van der Waals surface area (Å²) in [5.74, 6) is -2.13. The lowest BCUT2D eigenvalue weighted by molar-refractivity contribution is -0.127. The van der Waals surface area contributed by atoms with E-state index in [0.717, 1.165) is 17.7 Å². The molecular formula is C21H22F2N2O3. The van der Waals surface area contributed by atoms with E-state index in [1.165, 1.54) is 11.0 Å². The van der Waals surface area contributed by atoms with E-state index >= 15 is 0 Å². The molecule has 1 fully saturated rings. The number of anilines is 1. The van der Waals surface area contributed by atoms with Crippen molar-refractivity contribution in [1.29, 1.82) is 0 Å². The number of hydrogen-bond donors (Lipinski definition) is 1. The quantitative estimate of drug-likeness (QED) is 0.823. The summed E-state index contributed by atoms with van der Waals surface area (Å²) < 4.78 is 32.5. The van der Waals surface area contributed by atoms with Crippen LogP contribution in [0.2, 0.25) is 0 Å². The van der Waals surface area contributed by atoms with Crippen molar-refractivity contribution < 1.29 is 23.1 Å². The summed E-state index contributed by atoms with van der Waals surface area (Å²) in [6, 6.07) is 10.2. The topological polar surface area (TPSA) is 58.6 Å². The predicted octanol–water partition coefficient (Wildman–Crippen LogP) is 3.59. The fourth-order valence-electron chi connectivity index (χ4n) is 3.46. The van der Waals surface area contributed by atoms with Crippen LogP contribution < -0.4 is 15.0 Å². The van der Waals surface area contributed by atoms with Crippen LogP contribution in [0.3, 0.4) is 0 Å². The van der Waals surface area contributed by atoms with Gasteiger partial charge in [-0.25, -0.2) is 8.78 Å². The molecule has 1 aliphatic rings. The van der Waals surface area contributed by atoms with Gasteiger partial charge in [0.15, 0.2) is 0 Å². The van der Waals surface area contributed by atoms with Crippen molar-refractivity contribution in [3.05, 3.63) is 59.7 Å². The molecule has 2 aromatic rings. The average molecular weight is 388 g/mol. The third kappa shape index (κ3) is 3.98. The van der Waals surface area contributed by atoms with E-state index < -0.39 is 17.6 Å². The van der Waals surface area contributed by atoms with Gasteiger partial charge in [-0.05, 0) is 24.6 Å². The molecule has 2 atom stereocenters. The average Bonchev–Trinajstić information content (AvgIpc) is 3.07. The first-order valence-electron chi connectivity index (χ1n) is 9.13. The first-order valence-corrected chi connectivity index (χ1v) is 9.13. The number of amides is 2. The maximum atomic E-state index is 14.0. The Labute approximate surface area is 162 Å². The van der Waals surface area contributed by atoms with E-state index in [-0.39, 0.29) is 36.5 Å². The van der Waals surface area contributed by atoms with E-state index in [0.29, 0.717) is 12.2 Å². The summed E-state index contributed by atoms with van der Waals surface area (Å²) >= 11 is 0. The van der Waals surface area contributed by atoms with E-state index in [1.807, 2.05) is 31.2 Å². The third-order valence-electron chi connectivity index (χ3n) is 4.94. The standard InChI is InChI=1S/C21H22F2N2O3/c1-3-17(15-6-4-5-7-19(15)28-2)24-21(27)13-10-20(26)25(12-13)18-9-8-14(22)11-16(18)23/h4-9,11,13,17H,3,10,12H2,1-2H3,(H,24,27). The van der Waals surface area contributed by atoms with E-state index in [1.54, 1.807) is 7.11 Å². The van der Waals surface area contributed by atoms with Gasteiger partial charge in [0.05, 0.1) is 24.8 Å². The molecule has 0 saturated carbocycles. The van der Waals surface area contributed by atoms with Gasteiger partial charge in [0.1, 0.15) is 17.4 Å². The number of methoxy groups -OCH3 is 1. The second-order valence-electron chi connectivity index (χ2n) is 6.71. The van der Waals surface area contributed by atoms with Gasteiger partial charge in [0.2, 0.25) is 11.8 Å². The summed E-state index contributed by atoms with van der Waals surface area (Å²) in [5, 5.41) is 2.96. The van der Waals surface area contributed by atoms with Crippen LogP contribution in [0.1, 0.15) is 31.4 Å². The second kappa shape index (κ2) is 8.37. The Morgan fingerprint density at radius 1 is 1.29 bits per heavy atom. The molecule has 0 aliphatic carbocycles. The molecular weight excluding hydrogens is 366 g/mol. The van der Waals surface area contributed by atoms with E-state index in [2.05, 4.69) is 5.32 Å². The van der Waals surface area contributed by atoms with Crippen molar-refractivity contribution in [2.24, 2.45) is 5.92 Å². The minimum absolute atomic E-state index is 0.0153. The molecule has 0 spiro atoms. The van der Waals surface area contributed by atoms with Gasteiger partial charge in [0.25, 0.3) is 0 Å². The normalized spacial score (nSPS) is 17.5. The number of carbonyl (C=O) groups is 2. The molecule has 0 aromatic heterocycles. The fraction of sp³-hybridized carbons (Fsp3) is 0.333. The molecule has 148 valence electrons. The summed E-state index contributed by atoms with van der Waals surface area (Å²) in [5.41, 5.74) is 0.838. The molecule has 1 heterocycles. The van der Waals surface area contributed by atoms with Crippen LogP contribution in [0.15, 0.2) is 42.5 Å². The molecule has 1 aliphatic heterocycles. The number of hydrogen-bond acceptors (Lipinski definition) is 3. The lowest BCUT2D eigenvalue weighted by Crippen LogP contribution is -2.35. The molecule has 7 heteroatoms. The van der Waals surface area contributed by atoms with Gasteiger partial charge in [-0.2, -0.15) is 0 Å². The first kappa shape index (κ1) is 19.8. The highest BCUT2D eigenvalue weighted by molar-refractivity contribution is 6.00. The maximum Gasteiger partial charge on any atom is 0.227 e. The monoisotopic (exact) mass is 388 g/mol. The van der Waals surface area contributed by atoms with E-state index in [9.17, 15) is 18.4 Å². The van der Waals surface area contributed by atoms with Gasteiger partial charge in [-0.15, -0.1) is 0 Å². The first-order chi connectivity index (χ1) is 13.4. The Morgan fingerprint density at radius 2 is 2.04 bits per heavy atom. The zero-order valence-electron chi connectivity index (χ0n) is 15.7. The Bertz CT molecular complexity index is 888. The summed E-state index contributed by atoms with van der Waals surface area (Å²) in [7, 11) is 1.57. The molecule has 0 bridgehead atoms. The maximum absolute atomic E-state index is 14.0. The van der Waals surface area contributed by atoms with Gasteiger partial charge < -0.3 is 15.0 Å². The molecule has 2 aromatic carbocycles. The summed E-state index contributed by atoms with van der Waals surface area (Å²) in [6.45, 7) is 1.99. The summed E-state index contributed by atoms with van der Waals surface area (Å²) in [6.07, 6.45) is 0.619. The van der Waals surface area contributed by atoms with Crippen molar-refractivity contribution >= 4 is 17.5 Å². The lowest BCUT2D eigenvalue weighted by Gasteiger charge is -2.22. The van der Waals surface area contributed by atoms with E-state index in [4.69, 9.17) is 4.74 Å². The summed E-state index contributed by atoms with van der Waals surface area (Å²) in [4.78, 5) is 26.3. The number of carbonyl (C=O) groups excluding carboxylic acids is 2. The van der Waals surface area contributed by atoms with Crippen LogP contribution in [-0.2, 0) is 9.59 Å². The number of benzene rings is 2. The molecule has 1 saturated heterocycles. The fourth-order valence-corrected chi connectivity index (χ4v) is 3.46. The van der Waals surface area contributed by atoms with Crippen LogP contribution in [0.4, 0.5) is 14.5 Å². The molecule has 2 amide bonds. The van der Waals surface area contributed by atoms with Crippen molar-refractivity contribution in [3.63, 3.8) is 0 Å².